The third-order valence-electron chi connectivity index (χ3n) is 3.19. The second-order valence-corrected chi connectivity index (χ2v) is 4.91. The molecule has 2 rings (SSSR count). The first-order chi connectivity index (χ1) is 10.2. The Hall–Kier alpha value is -2.29. The molecule has 3 nitrogen and oxygen atoms in total. The molecule has 0 radical (unpaired) electrons. The molecule has 0 saturated carbocycles. The number of methoxy groups -OCH3 is 1. The van der Waals surface area contributed by atoms with Crippen LogP contribution in [-0.2, 0) is 0 Å². The average molecular weight is 284 g/mol. The second-order valence-electron chi connectivity index (χ2n) is 4.91. The highest BCUT2D eigenvalue weighted by atomic mass is 16.5. The number of rotatable bonds is 6. The lowest BCUT2D eigenvalue weighted by Crippen LogP contribution is -2.04. The van der Waals surface area contributed by atoms with Crippen LogP contribution in [0.5, 0.6) is 11.5 Å². The SMILES string of the molecule is CCCOc1ccc(C(=O)c2ccc(C)cc2OC)cc1. The van der Waals surface area contributed by atoms with Crippen molar-refractivity contribution < 1.29 is 14.3 Å². The number of carbonyl (C=O) groups excluding carboxylic acids is 1. The smallest absolute Gasteiger partial charge is 0.196 e. The highest BCUT2D eigenvalue weighted by molar-refractivity contribution is 6.10. The van der Waals surface area contributed by atoms with Crippen molar-refractivity contribution in [3.8, 4) is 11.5 Å². The summed E-state index contributed by atoms with van der Waals surface area (Å²) in [5.41, 5.74) is 2.26. The van der Waals surface area contributed by atoms with E-state index < -0.39 is 0 Å². The topological polar surface area (TPSA) is 35.5 Å². The Kier molecular flexibility index (Phi) is 4.99. The number of benzene rings is 2. The molecule has 0 N–H and O–H groups in total. The van der Waals surface area contributed by atoms with Gasteiger partial charge in [0.1, 0.15) is 11.5 Å². The van der Waals surface area contributed by atoms with E-state index in [4.69, 9.17) is 9.47 Å². The van der Waals surface area contributed by atoms with E-state index in [2.05, 4.69) is 6.92 Å². The lowest BCUT2D eigenvalue weighted by molar-refractivity contribution is 0.103. The minimum atomic E-state index is -0.0473. The minimum Gasteiger partial charge on any atom is -0.496 e. The number of hydrogen-bond acceptors (Lipinski definition) is 3. The summed E-state index contributed by atoms with van der Waals surface area (Å²) in [6.07, 6.45) is 0.960. The molecule has 21 heavy (non-hydrogen) atoms. The number of ether oxygens (including phenoxy) is 2. The molecule has 3 heteroatoms. The van der Waals surface area contributed by atoms with Crippen LogP contribution in [0.1, 0.15) is 34.8 Å². The van der Waals surface area contributed by atoms with Gasteiger partial charge in [-0.2, -0.15) is 0 Å². The fourth-order valence-electron chi connectivity index (χ4n) is 2.06. The van der Waals surface area contributed by atoms with Gasteiger partial charge in [0.15, 0.2) is 5.78 Å². The van der Waals surface area contributed by atoms with Crippen molar-refractivity contribution in [3.63, 3.8) is 0 Å². The van der Waals surface area contributed by atoms with Gasteiger partial charge in [-0.25, -0.2) is 0 Å². The van der Waals surface area contributed by atoms with E-state index in [1.165, 1.54) is 0 Å². The summed E-state index contributed by atoms with van der Waals surface area (Å²) in [7, 11) is 1.58. The second kappa shape index (κ2) is 6.93. The first kappa shape index (κ1) is 15.1. The van der Waals surface area contributed by atoms with E-state index in [1.54, 1.807) is 25.3 Å². The molecule has 0 aliphatic carbocycles. The fraction of sp³-hybridized carbons (Fsp3) is 0.278. The van der Waals surface area contributed by atoms with Crippen LogP contribution in [-0.4, -0.2) is 19.5 Å². The van der Waals surface area contributed by atoms with Gasteiger partial charge in [0.25, 0.3) is 0 Å². The van der Waals surface area contributed by atoms with Crippen molar-refractivity contribution in [1.29, 1.82) is 0 Å². The van der Waals surface area contributed by atoms with Crippen LogP contribution in [0.2, 0.25) is 0 Å². The summed E-state index contributed by atoms with van der Waals surface area (Å²) in [6.45, 7) is 4.71. The fourth-order valence-corrected chi connectivity index (χ4v) is 2.06. The van der Waals surface area contributed by atoms with Crippen molar-refractivity contribution in [2.24, 2.45) is 0 Å². The normalized spacial score (nSPS) is 10.2. The zero-order valence-corrected chi connectivity index (χ0v) is 12.7. The maximum Gasteiger partial charge on any atom is 0.196 e. The van der Waals surface area contributed by atoms with E-state index in [9.17, 15) is 4.79 Å². The molecular weight excluding hydrogens is 264 g/mol. The van der Waals surface area contributed by atoms with Crippen LogP contribution in [0.15, 0.2) is 42.5 Å². The van der Waals surface area contributed by atoms with Gasteiger partial charge in [-0.15, -0.1) is 0 Å². The molecule has 2 aromatic carbocycles. The maximum atomic E-state index is 12.5. The largest absolute Gasteiger partial charge is 0.496 e. The molecule has 0 aromatic heterocycles. The summed E-state index contributed by atoms with van der Waals surface area (Å²) in [5, 5.41) is 0. The molecule has 0 fully saturated rings. The van der Waals surface area contributed by atoms with Crippen LogP contribution in [0, 0.1) is 6.92 Å². The number of carbonyl (C=O) groups is 1. The zero-order valence-electron chi connectivity index (χ0n) is 12.7. The number of hydrogen-bond donors (Lipinski definition) is 0. The van der Waals surface area contributed by atoms with Crippen molar-refractivity contribution >= 4 is 5.78 Å². The number of ketones is 1. The summed E-state index contributed by atoms with van der Waals surface area (Å²) in [4.78, 5) is 12.5. The summed E-state index contributed by atoms with van der Waals surface area (Å²) in [6, 6.07) is 12.8. The van der Waals surface area contributed by atoms with Gasteiger partial charge in [0, 0.05) is 5.56 Å². The van der Waals surface area contributed by atoms with Crippen molar-refractivity contribution in [2.75, 3.05) is 13.7 Å². The zero-order chi connectivity index (χ0) is 15.2. The predicted octanol–water partition coefficient (Wildman–Crippen LogP) is 4.02. The van der Waals surface area contributed by atoms with Crippen LogP contribution < -0.4 is 9.47 Å². The van der Waals surface area contributed by atoms with Gasteiger partial charge in [-0.3, -0.25) is 4.79 Å². The molecule has 110 valence electrons. The van der Waals surface area contributed by atoms with E-state index >= 15 is 0 Å². The Morgan fingerprint density at radius 1 is 1.10 bits per heavy atom. The first-order valence-electron chi connectivity index (χ1n) is 7.08. The van der Waals surface area contributed by atoms with Crippen LogP contribution >= 0.6 is 0 Å². The van der Waals surface area contributed by atoms with E-state index in [0.29, 0.717) is 23.5 Å². The Morgan fingerprint density at radius 3 is 2.43 bits per heavy atom. The molecule has 2 aromatic rings. The standard InChI is InChI=1S/C18H20O3/c1-4-11-21-15-8-6-14(7-9-15)18(19)16-10-5-13(2)12-17(16)20-3/h5-10,12H,4,11H2,1-3H3. The Labute approximate surface area is 125 Å². The molecule has 0 aliphatic heterocycles. The van der Waals surface area contributed by atoms with Crippen LogP contribution in [0.25, 0.3) is 0 Å². The molecule has 0 unspecified atom stereocenters. The molecule has 0 aliphatic rings. The Bertz CT molecular complexity index is 615. The molecule has 0 atom stereocenters. The van der Waals surface area contributed by atoms with Gasteiger partial charge in [-0.1, -0.05) is 13.0 Å². The molecule has 0 saturated heterocycles. The van der Waals surface area contributed by atoms with Crippen LogP contribution in [0.3, 0.4) is 0 Å². The van der Waals surface area contributed by atoms with Crippen molar-refractivity contribution in [1.82, 2.24) is 0 Å². The minimum absolute atomic E-state index is 0.0473. The van der Waals surface area contributed by atoms with Gasteiger partial charge in [-0.05, 0) is 55.3 Å². The Balaban J connectivity index is 2.23. The molecule has 0 spiro atoms. The van der Waals surface area contributed by atoms with Gasteiger partial charge in [0.05, 0.1) is 19.3 Å². The summed E-state index contributed by atoms with van der Waals surface area (Å²) < 4.78 is 10.8. The third-order valence-corrected chi connectivity index (χ3v) is 3.19. The average Bonchev–Trinajstić information content (AvgIpc) is 2.52. The molecule has 0 bridgehead atoms. The highest BCUT2D eigenvalue weighted by Crippen LogP contribution is 2.24. The lowest BCUT2D eigenvalue weighted by atomic mass is 10.0. The summed E-state index contributed by atoms with van der Waals surface area (Å²) in [5.74, 6) is 1.34. The maximum absolute atomic E-state index is 12.5. The van der Waals surface area contributed by atoms with Crippen molar-refractivity contribution in [3.05, 3.63) is 59.2 Å². The van der Waals surface area contributed by atoms with Gasteiger partial charge >= 0.3 is 0 Å². The third kappa shape index (κ3) is 3.63. The lowest BCUT2D eigenvalue weighted by Gasteiger charge is -2.09. The monoisotopic (exact) mass is 284 g/mol. The van der Waals surface area contributed by atoms with E-state index in [-0.39, 0.29) is 5.78 Å². The van der Waals surface area contributed by atoms with Crippen LogP contribution in [0.4, 0.5) is 0 Å². The van der Waals surface area contributed by atoms with E-state index in [0.717, 1.165) is 17.7 Å². The first-order valence-corrected chi connectivity index (χ1v) is 7.08. The number of aryl methyl sites for hydroxylation is 1. The Morgan fingerprint density at radius 2 is 1.81 bits per heavy atom. The predicted molar refractivity (Wildman–Crippen MR) is 83.4 cm³/mol. The van der Waals surface area contributed by atoms with Crippen molar-refractivity contribution in [2.45, 2.75) is 20.3 Å². The molecular formula is C18H20O3. The molecule has 0 amide bonds. The summed E-state index contributed by atoms with van der Waals surface area (Å²) >= 11 is 0. The van der Waals surface area contributed by atoms with Gasteiger partial charge in [0.2, 0.25) is 0 Å². The van der Waals surface area contributed by atoms with E-state index in [1.807, 2.05) is 31.2 Å². The van der Waals surface area contributed by atoms with Gasteiger partial charge < -0.3 is 9.47 Å². The highest BCUT2D eigenvalue weighted by Gasteiger charge is 2.14. The quantitative estimate of drug-likeness (QED) is 0.751. The molecule has 0 heterocycles.